The average molecular weight is 332 g/mol. The molecule has 2 rings (SSSR count). The summed E-state index contributed by atoms with van der Waals surface area (Å²) in [6.07, 6.45) is 3.74. The Labute approximate surface area is 141 Å². The summed E-state index contributed by atoms with van der Waals surface area (Å²) in [7, 11) is 5.02. The van der Waals surface area contributed by atoms with E-state index in [0.717, 1.165) is 24.6 Å². The summed E-state index contributed by atoms with van der Waals surface area (Å²) in [4.78, 5) is 26.9. The monoisotopic (exact) mass is 332 g/mol. The van der Waals surface area contributed by atoms with Gasteiger partial charge in [-0.2, -0.15) is 5.10 Å². The highest BCUT2D eigenvalue weighted by Crippen LogP contribution is 2.27. The highest BCUT2D eigenvalue weighted by Gasteiger charge is 2.23. The molecule has 0 saturated heterocycles. The van der Waals surface area contributed by atoms with Gasteiger partial charge in [0, 0.05) is 45.0 Å². The molecule has 24 heavy (non-hydrogen) atoms. The number of amides is 3. The van der Waals surface area contributed by atoms with Gasteiger partial charge in [0.1, 0.15) is 5.82 Å². The van der Waals surface area contributed by atoms with E-state index >= 15 is 0 Å². The fourth-order valence-corrected chi connectivity index (χ4v) is 2.45. The molecule has 0 radical (unpaired) electrons. The van der Waals surface area contributed by atoms with Gasteiger partial charge in [0.15, 0.2) is 5.82 Å². The van der Waals surface area contributed by atoms with E-state index in [-0.39, 0.29) is 11.9 Å². The van der Waals surface area contributed by atoms with Gasteiger partial charge in [0.2, 0.25) is 5.91 Å². The van der Waals surface area contributed by atoms with Crippen molar-refractivity contribution in [3.63, 3.8) is 0 Å². The van der Waals surface area contributed by atoms with Gasteiger partial charge in [-0.15, -0.1) is 0 Å². The molecule has 130 valence electrons. The van der Waals surface area contributed by atoms with Crippen LogP contribution < -0.4 is 15.5 Å². The number of carbonyl (C=O) groups excluding carboxylic acids is 2. The minimum absolute atomic E-state index is 0.0115. The van der Waals surface area contributed by atoms with Gasteiger partial charge in [-0.25, -0.2) is 9.48 Å². The number of allylic oxidation sites excluding steroid dienone is 3. The van der Waals surface area contributed by atoms with Crippen LogP contribution >= 0.6 is 0 Å². The number of hydrogen-bond donors (Lipinski definition) is 2. The maximum Gasteiger partial charge on any atom is 0.320 e. The highest BCUT2D eigenvalue weighted by molar-refractivity contribution is 5.92. The van der Waals surface area contributed by atoms with Gasteiger partial charge in [0.05, 0.1) is 6.54 Å². The van der Waals surface area contributed by atoms with Gasteiger partial charge in [-0.1, -0.05) is 6.08 Å². The van der Waals surface area contributed by atoms with Crippen LogP contribution in [0.3, 0.4) is 0 Å². The molecular formula is C16H24N6O2. The second-order valence-corrected chi connectivity index (χ2v) is 5.82. The maximum atomic E-state index is 11.9. The molecule has 1 aliphatic rings. The summed E-state index contributed by atoms with van der Waals surface area (Å²) in [6.45, 7) is 5.33. The van der Waals surface area contributed by atoms with Gasteiger partial charge >= 0.3 is 6.03 Å². The molecule has 0 unspecified atom stereocenters. The summed E-state index contributed by atoms with van der Waals surface area (Å²) < 4.78 is 1.85. The molecule has 0 atom stereocenters. The van der Waals surface area contributed by atoms with Gasteiger partial charge in [-0.05, 0) is 19.9 Å². The fraction of sp³-hybridized carbons (Fsp3) is 0.438. The van der Waals surface area contributed by atoms with E-state index < -0.39 is 0 Å². The van der Waals surface area contributed by atoms with Crippen molar-refractivity contribution in [2.45, 2.75) is 20.4 Å². The molecule has 0 aliphatic carbocycles. The van der Waals surface area contributed by atoms with Crippen LogP contribution in [-0.2, 0) is 11.3 Å². The zero-order valence-electron chi connectivity index (χ0n) is 14.8. The minimum Gasteiger partial charge on any atom is -0.345 e. The topological polar surface area (TPSA) is 82.5 Å². The Morgan fingerprint density at radius 1 is 1.25 bits per heavy atom. The Hall–Kier alpha value is -2.77. The van der Waals surface area contributed by atoms with Crippen LogP contribution in [0, 0.1) is 0 Å². The van der Waals surface area contributed by atoms with Crippen molar-refractivity contribution in [2.24, 2.45) is 0 Å². The number of rotatable bonds is 4. The molecule has 0 saturated carbocycles. The molecule has 1 aliphatic heterocycles. The van der Waals surface area contributed by atoms with E-state index in [2.05, 4.69) is 20.6 Å². The van der Waals surface area contributed by atoms with Gasteiger partial charge in [-0.3, -0.25) is 10.1 Å². The largest absolute Gasteiger partial charge is 0.345 e. The molecular weight excluding hydrogens is 308 g/mol. The predicted molar refractivity (Wildman–Crippen MR) is 93.9 cm³/mol. The van der Waals surface area contributed by atoms with Crippen molar-refractivity contribution in [2.75, 3.05) is 37.9 Å². The molecule has 0 aromatic carbocycles. The predicted octanol–water partition coefficient (Wildman–Crippen LogP) is 1.39. The van der Waals surface area contributed by atoms with E-state index in [1.807, 2.05) is 29.8 Å². The number of urea groups is 1. The van der Waals surface area contributed by atoms with E-state index in [1.54, 1.807) is 33.0 Å². The van der Waals surface area contributed by atoms with Crippen LogP contribution in [0.4, 0.5) is 16.4 Å². The van der Waals surface area contributed by atoms with Gasteiger partial charge in [0.25, 0.3) is 0 Å². The van der Waals surface area contributed by atoms with Crippen molar-refractivity contribution in [1.82, 2.24) is 20.0 Å². The van der Waals surface area contributed by atoms with Crippen molar-refractivity contribution in [3.8, 4) is 0 Å². The number of carbonyl (C=O) groups is 2. The number of anilines is 2. The fourth-order valence-electron chi connectivity index (χ4n) is 2.45. The molecule has 1 aromatic heterocycles. The molecule has 1 aromatic rings. The summed E-state index contributed by atoms with van der Waals surface area (Å²) in [5.41, 5.74) is 1.68. The minimum atomic E-state index is -0.300. The standard InChI is InChI=1S/C16H24N6O2/c1-11(15(23)20(4)5)6-7-12(2)21-8-9-22-14(21)10-13(19-22)18-16(24)17-3/h6-7,10H,8-9H2,1-5H3,(H2,17,18,19,24)/b11-6+,12-7+. The third kappa shape index (κ3) is 3.76. The van der Waals surface area contributed by atoms with Crippen LogP contribution in [0.25, 0.3) is 0 Å². The van der Waals surface area contributed by atoms with Crippen LogP contribution in [0.2, 0.25) is 0 Å². The second-order valence-electron chi connectivity index (χ2n) is 5.82. The first-order valence-electron chi connectivity index (χ1n) is 7.74. The normalized spacial score (nSPS) is 14.5. The average Bonchev–Trinajstić information content (AvgIpc) is 3.10. The molecule has 2 heterocycles. The van der Waals surface area contributed by atoms with Crippen molar-refractivity contribution in [3.05, 3.63) is 29.5 Å². The Bertz CT molecular complexity index is 701. The molecule has 0 spiro atoms. The summed E-state index contributed by atoms with van der Waals surface area (Å²) in [5.74, 6) is 1.42. The molecule has 0 bridgehead atoms. The molecule has 2 N–H and O–H groups in total. The summed E-state index contributed by atoms with van der Waals surface area (Å²) in [5, 5.41) is 9.52. The third-order valence-corrected chi connectivity index (χ3v) is 3.78. The first-order chi connectivity index (χ1) is 11.3. The lowest BCUT2D eigenvalue weighted by Gasteiger charge is -2.17. The lowest BCUT2D eigenvalue weighted by molar-refractivity contribution is -0.124. The van der Waals surface area contributed by atoms with Crippen molar-refractivity contribution < 1.29 is 9.59 Å². The lowest BCUT2D eigenvalue weighted by Crippen LogP contribution is -2.25. The Kier molecular flexibility index (Phi) is 5.28. The van der Waals surface area contributed by atoms with E-state index in [9.17, 15) is 9.59 Å². The third-order valence-electron chi connectivity index (χ3n) is 3.78. The Morgan fingerprint density at radius 2 is 1.96 bits per heavy atom. The molecule has 3 amide bonds. The molecule has 8 heteroatoms. The van der Waals surface area contributed by atoms with Crippen LogP contribution in [0.5, 0.6) is 0 Å². The smallest absolute Gasteiger partial charge is 0.320 e. The summed E-state index contributed by atoms with van der Waals surface area (Å²) >= 11 is 0. The van der Waals surface area contributed by atoms with Crippen molar-refractivity contribution >= 4 is 23.6 Å². The van der Waals surface area contributed by atoms with Crippen LogP contribution in [0.1, 0.15) is 13.8 Å². The van der Waals surface area contributed by atoms with E-state index in [4.69, 9.17) is 0 Å². The molecule has 0 fully saturated rings. The first kappa shape index (κ1) is 17.6. The maximum absolute atomic E-state index is 11.9. The van der Waals surface area contributed by atoms with Crippen LogP contribution in [0.15, 0.2) is 29.5 Å². The van der Waals surface area contributed by atoms with Crippen molar-refractivity contribution in [1.29, 1.82) is 0 Å². The van der Waals surface area contributed by atoms with Crippen LogP contribution in [-0.4, -0.2) is 54.3 Å². The number of nitrogens with one attached hydrogen (secondary N) is 2. The number of nitrogens with zero attached hydrogens (tertiary/aromatic N) is 4. The SMILES string of the molecule is CNC(=O)Nc1cc2n(n1)CCN2/C(C)=C/C=C(\C)C(=O)N(C)C. The van der Waals surface area contributed by atoms with E-state index in [1.165, 1.54) is 0 Å². The number of hydrogen-bond acceptors (Lipinski definition) is 4. The Balaban J connectivity index is 2.15. The quantitative estimate of drug-likeness (QED) is 0.645. The number of likely N-dealkylation sites (N-methyl/N-ethyl adjacent to an activating group) is 1. The second kappa shape index (κ2) is 7.20. The van der Waals surface area contributed by atoms with E-state index in [0.29, 0.717) is 11.4 Å². The lowest BCUT2D eigenvalue weighted by atomic mass is 10.2. The Morgan fingerprint density at radius 3 is 2.58 bits per heavy atom. The number of fused-ring (bicyclic) bond motifs is 1. The first-order valence-corrected chi connectivity index (χ1v) is 7.74. The highest BCUT2D eigenvalue weighted by atomic mass is 16.2. The zero-order valence-corrected chi connectivity index (χ0v) is 14.8. The number of aromatic nitrogens is 2. The van der Waals surface area contributed by atoms with Gasteiger partial charge < -0.3 is 15.1 Å². The summed E-state index contributed by atoms with van der Waals surface area (Å²) in [6, 6.07) is 1.53. The zero-order chi connectivity index (χ0) is 17.9. The molecule has 8 nitrogen and oxygen atoms in total.